The highest BCUT2D eigenvalue weighted by molar-refractivity contribution is 7.91. The van der Waals surface area contributed by atoms with Gasteiger partial charge >= 0.3 is 6.09 Å². The first-order chi connectivity index (χ1) is 23.6. The van der Waals surface area contributed by atoms with Crippen LogP contribution in [0.5, 0.6) is 0 Å². The second-order valence-electron chi connectivity index (χ2n) is 15.1. The molecule has 1 aromatic rings. The molecule has 1 saturated heterocycles. The maximum Gasteiger partial charge on any atom is 0.408 e. The van der Waals surface area contributed by atoms with Crippen molar-refractivity contribution in [3.63, 3.8) is 0 Å². The maximum atomic E-state index is 14.4. The van der Waals surface area contributed by atoms with Crippen LogP contribution in [0, 0.1) is 5.92 Å². The topological polar surface area (TPSA) is 190 Å². The number of nitrogens with zero attached hydrogens (tertiary/aromatic N) is 2. The second kappa shape index (κ2) is 13.5. The molecule has 0 aromatic heterocycles. The van der Waals surface area contributed by atoms with Gasteiger partial charge in [0.05, 0.1) is 11.8 Å². The molecule has 4 amide bonds. The Morgan fingerprint density at radius 3 is 2.48 bits per heavy atom. The monoisotopic (exact) mass is 711 g/mol. The number of amides is 4. The van der Waals surface area contributed by atoms with Crippen LogP contribution < -0.4 is 15.4 Å². The number of benzene rings is 1. The van der Waals surface area contributed by atoms with E-state index in [0.717, 1.165) is 12.8 Å². The van der Waals surface area contributed by atoms with Crippen LogP contribution >= 0.6 is 0 Å². The molecule has 270 valence electrons. The minimum absolute atomic E-state index is 0.0229. The van der Waals surface area contributed by atoms with E-state index in [-0.39, 0.29) is 43.7 Å². The van der Waals surface area contributed by atoms with Crippen molar-refractivity contribution in [2.24, 2.45) is 11.1 Å². The van der Waals surface area contributed by atoms with Gasteiger partial charge in [0.15, 0.2) is 5.60 Å². The second-order valence-corrected chi connectivity index (χ2v) is 17.0. The Morgan fingerprint density at radius 2 is 1.78 bits per heavy atom. The number of carbonyl (C=O) groups excluding carboxylic acids is 5. The van der Waals surface area contributed by atoms with E-state index in [2.05, 4.69) is 20.5 Å². The Bertz CT molecular complexity index is 1720. The van der Waals surface area contributed by atoms with E-state index in [1.165, 1.54) is 4.90 Å². The van der Waals surface area contributed by atoms with Crippen LogP contribution in [-0.2, 0) is 34.0 Å². The van der Waals surface area contributed by atoms with Gasteiger partial charge < -0.3 is 25.1 Å². The van der Waals surface area contributed by atoms with Gasteiger partial charge in [-0.05, 0) is 59.3 Å². The fourth-order valence-corrected chi connectivity index (χ4v) is 8.29. The highest BCUT2D eigenvalue weighted by atomic mass is 32.2. The predicted octanol–water partition coefficient (Wildman–Crippen LogP) is 2.88. The van der Waals surface area contributed by atoms with Crippen molar-refractivity contribution in [3.8, 4) is 0 Å². The summed E-state index contributed by atoms with van der Waals surface area (Å²) in [7, 11) is -3.90. The lowest BCUT2D eigenvalue weighted by Crippen LogP contribution is -2.58. The predicted molar refractivity (Wildman–Crippen MR) is 181 cm³/mol. The number of allylic oxidation sites excluding steroid dienone is 1. The van der Waals surface area contributed by atoms with Crippen molar-refractivity contribution >= 4 is 45.3 Å². The number of hydrogen-bond acceptors (Lipinski definition) is 10. The van der Waals surface area contributed by atoms with Gasteiger partial charge in [-0.3, -0.25) is 23.9 Å². The highest BCUT2D eigenvalue weighted by Gasteiger charge is 2.63. The summed E-state index contributed by atoms with van der Waals surface area (Å²) in [5.74, 6) is -2.83. The minimum Gasteiger partial charge on any atom is -0.444 e. The Labute approximate surface area is 291 Å². The molecule has 0 radical (unpaired) electrons. The molecule has 3 heterocycles. The van der Waals surface area contributed by atoms with E-state index in [0.29, 0.717) is 31.2 Å². The van der Waals surface area contributed by atoms with E-state index in [4.69, 9.17) is 9.57 Å². The molecule has 2 aliphatic carbocycles. The first-order valence-electron chi connectivity index (χ1n) is 17.3. The summed E-state index contributed by atoms with van der Waals surface area (Å²) in [5.41, 5.74) is -3.03. The van der Waals surface area contributed by atoms with Crippen LogP contribution in [-0.4, -0.2) is 89.2 Å². The molecule has 14 nitrogen and oxygen atoms in total. The normalized spacial score (nSPS) is 30.1. The van der Waals surface area contributed by atoms with E-state index in [9.17, 15) is 32.4 Å². The molecule has 2 saturated carbocycles. The first kappa shape index (κ1) is 35.6. The average molecular weight is 712 g/mol. The van der Waals surface area contributed by atoms with Gasteiger partial charge in [-0.2, -0.15) is 0 Å². The Balaban J connectivity index is 1.30. The number of fused-ring (bicyclic) bond motifs is 2. The molecular formula is C35H45N5O9S. The summed E-state index contributed by atoms with van der Waals surface area (Å²) in [5, 5.41) is 9.00. The summed E-state index contributed by atoms with van der Waals surface area (Å²) >= 11 is 0. The number of alkyl carbamates (subject to hydrolysis) is 1. The van der Waals surface area contributed by atoms with Gasteiger partial charge in [0, 0.05) is 24.3 Å². The van der Waals surface area contributed by atoms with Gasteiger partial charge in [0.1, 0.15) is 28.9 Å². The number of rotatable bonds is 6. The molecule has 15 heteroatoms. The maximum absolute atomic E-state index is 14.4. The van der Waals surface area contributed by atoms with Gasteiger partial charge in [0.2, 0.25) is 27.6 Å². The molecule has 1 spiro atoms. The number of hydrogen-bond donors (Lipinski definition) is 3. The average Bonchev–Trinajstić information content (AvgIpc) is 3.96. The van der Waals surface area contributed by atoms with Crippen LogP contribution in [0.1, 0.15) is 95.3 Å². The van der Waals surface area contributed by atoms with Crippen LogP contribution in [0.3, 0.4) is 0 Å². The Kier molecular flexibility index (Phi) is 9.57. The van der Waals surface area contributed by atoms with Crippen LogP contribution in [0.25, 0.3) is 0 Å². The Hall–Kier alpha value is -4.27. The quantitative estimate of drug-likeness (QED) is 0.294. The summed E-state index contributed by atoms with van der Waals surface area (Å²) in [6, 6.07) is 6.34. The number of carbonyl (C=O) groups is 5. The number of ketones is 1. The minimum atomic E-state index is -3.90. The molecule has 0 bridgehead atoms. The fourth-order valence-electron chi connectivity index (χ4n) is 6.93. The van der Waals surface area contributed by atoms with Crippen molar-refractivity contribution in [3.05, 3.63) is 48.0 Å². The number of nitrogens with one attached hydrogen (secondary N) is 3. The highest BCUT2D eigenvalue weighted by Crippen LogP contribution is 2.47. The molecular weight excluding hydrogens is 666 g/mol. The third-order valence-corrected chi connectivity index (χ3v) is 11.6. The van der Waals surface area contributed by atoms with Gasteiger partial charge in [-0.15, -0.1) is 0 Å². The number of sulfonamides is 1. The largest absolute Gasteiger partial charge is 0.444 e. The summed E-state index contributed by atoms with van der Waals surface area (Å²) in [6.45, 7) is 5.01. The molecule has 50 heavy (non-hydrogen) atoms. The van der Waals surface area contributed by atoms with Crippen LogP contribution in [0.2, 0.25) is 0 Å². The molecule has 3 fully saturated rings. The molecule has 6 rings (SSSR count). The standard InChI is InChI=1S/C35H45N5O9S/c1-33(2,3)48-32(45)36-25-15-11-6-4-5-10-14-23-18-35(23,31(44)39-50(46,47)24-16-17-24)37-29(42)27-20-34(21-40(27)30(25)43)19-26(38-49-34)28(41)22-12-8-7-9-13-22/h7-10,12-14,23-25,27H,4-6,11,15-21H2,1-3H3,(H,36,45)(H,37,42)(H,39,44)/t23-,25+,27+,34-,35-/m1/s1. The van der Waals surface area contributed by atoms with Crippen molar-refractivity contribution in [1.29, 1.82) is 0 Å². The zero-order valence-electron chi connectivity index (χ0n) is 28.6. The van der Waals surface area contributed by atoms with Crippen LogP contribution in [0.4, 0.5) is 4.79 Å². The number of oxime groups is 1. The zero-order chi connectivity index (χ0) is 35.9. The lowest BCUT2D eigenvalue weighted by molar-refractivity contribution is -0.141. The lowest BCUT2D eigenvalue weighted by Gasteiger charge is -2.30. The molecule has 1 aromatic carbocycles. The van der Waals surface area contributed by atoms with Crippen molar-refractivity contribution < 1.29 is 42.0 Å². The van der Waals surface area contributed by atoms with Crippen molar-refractivity contribution in [1.82, 2.24) is 20.3 Å². The third kappa shape index (κ3) is 7.72. The smallest absolute Gasteiger partial charge is 0.408 e. The van der Waals surface area contributed by atoms with E-state index >= 15 is 0 Å². The summed E-state index contributed by atoms with van der Waals surface area (Å²) in [6.07, 6.45) is 7.13. The molecule has 0 unspecified atom stereocenters. The summed E-state index contributed by atoms with van der Waals surface area (Å²) in [4.78, 5) is 75.8. The molecule has 3 N–H and O–H groups in total. The third-order valence-electron chi connectivity index (χ3n) is 9.81. The number of ether oxygens (including phenoxy) is 1. The van der Waals surface area contributed by atoms with E-state index in [1.807, 2.05) is 12.2 Å². The lowest BCUT2D eigenvalue weighted by atomic mass is 9.91. The fraction of sp³-hybridized carbons (Fsp3) is 0.600. The van der Waals surface area contributed by atoms with Gasteiger partial charge in [-0.25, -0.2) is 13.2 Å². The SMILES string of the molecule is CC(C)(C)OC(=O)N[C@H]1CCCCCC=C[C@@H]2C[C@@]2(C(=O)NS(=O)(=O)C2CC2)NC(=O)[C@@H]2C[C@]3(CC(C(=O)c4ccccc4)=NO3)CN2C1=O. The molecule has 5 atom stereocenters. The zero-order valence-corrected chi connectivity index (χ0v) is 29.4. The molecule has 3 aliphatic heterocycles. The first-order valence-corrected chi connectivity index (χ1v) is 18.9. The van der Waals surface area contributed by atoms with Gasteiger partial charge in [0.25, 0.3) is 5.91 Å². The van der Waals surface area contributed by atoms with E-state index in [1.54, 1.807) is 51.1 Å². The van der Waals surface area contributed by atoms with Gasteiger partial charge in [-0.1, -0.05) is 60.5 Å². The van der Waals surface area contributed by atoms with E-state index < -0.39 is 73.8 Å². The van der Waals surface area contributed by atoms with Crippen molar-refractivity contribution in [2.45, 2.75) is 119 Å². The van der Waals surface area contributed by atoms with Crippen LogP contribution in [0.15, 0.2) is 47.6 Å². The summed E-state index contributed by atoms with van der Waals surface area (Å²) < 4.78 is 33.2. The van der Waals surface area contributed by atoms with Crippen molar-refractivity contribution in [2.75, 3.05) is 6.54 Å². The molecule has 5 aliphatic rings. The Morgan fingerprint density at radius 1 is 1.04 bits per heavy atom. The number of Topliss-reactive ketones (excluding diaryl/α,β-unsaturated/α-hetero) is 1.